The number of nitrogens with one attached hydrogen (secondary N) is 1. The summed E-state index contributed by atoms with van der Waals surface area (Å²) < 4.78 is 1.91. The minimum Gasteiger partial charge on any atom is -0.365 e. The van der Waals surface area contributed by atoms with Crippen molar-refractivity contribution in [3.63, 3.8) is 0 Å². The second-order valence-electron chi connectivity index (χ2n) is 11.7. The number of benzene rings is 1. The fourth-order valence-electron chi connectivity index (χ4n) is 7.13. The molecule has 1 aromatic carbocycles. The van der Waals surface area contributed by atoms with E-state index in [-0.39, 0.29) is 29.1 Å². The molecule has 2 atom stereocenters. The van der Waals surface area contributed by atoms with Crippen LogP contribution in [0.4, 0.5) is 11.4 Å². The number of fused-ring (bicyclic) bond motifs is 2. The van der Waals surface area contributed by atoms with Crippen molar-refractivity contribution in [3.8, 4) is 6.07 Å². The number of likely N-dealkylation sites (N-methyl/N-ethyl adjacent to an activating group) is 1. The summed E-state index contributed by atoms with van der Waals surface area (Å²) >= 11 is 0. The standard InChI is InChI=1S/C31H38N8O2/c1-5-28(40)36-13-14-38(21(3)17-36)30-23-10-12-37(29-20(2)8-9-26-25(29)16-33-34-26)19-27(23)39(31(41)24(30)15-32)18-22-7-6-11-35(22)4/h5,8-9,16,21-22H,1,6-7,10-14,17-19H2,2-4H3,(H,33,34)/t21-,22-/m0/s1. The van der Waals surface area contributed by atoms with Crippen LogP contribution in [0.25, 0.3) is 10.9 Å². The van der Waals surface area contributed by atoms with E-state index in [4.69, 9.17) is 0 Å². The molecule has 2 aromatic heterocycles. The zero-order chi connectivity index (χ0) is 28.8. The fourth-order valence-corrected chi connectivity index (χ4v) is 7.13. The lowest BCUT2D eigenvalue weighted by Gasteiger charge is -2.44. The van der Waals surface area contributed by atoms with Crippen LogP contribution in [0.1, 0.15) is 42.1 Å². The number of carbonyl (C=O) groups excluding carboxylic acids is 1. The first-order valence-electron chi connectivity index (χ1n) is 14.6. The summed E-state index contributed by atoms with van der Waals surface area (Å²) in [7, 11) is 2.12. The smallest absolute Gasteiger partial charge is 0.270 e. The number of aromatic amines is 1. The third-order valence-electron chi connectivity index (χ3n) is 9.32. The van der Waals surface area contributed by atoms with Crippen molar-refractivity contribution in [3.05, 3.63) is 63.7 Å². The van der Waals surface area contributed by atoms with Crippen LogP contribution in [0.5, 0.6) is 0 Å². The van der Waals surface area contributed by atoms with Crippen molar-refractivity contribution in [2.24, 2.45) is 0 Å². The molecule has 1 amide bonds. The molecule has 3 aliphatic heterocycles. The number of hydrogen-bond donors (Lipinski definition) is 1. The van der Waals surface area contributed by atoms with Gasteiger partial charge in [-0.05, 0) is 64.4 Å². The number of anilines is 2. The second kappa shape index (κ2) is 10.7. The van der Waals surface area contributed by atoms with Gasteiger partial charge in [0.05, 0.1) is 29.6 Å². The first kappa shape index (κ1) is 27.1. The fraction of sp³-hybridized carbons (Fsp3) is 0.484. The number of H-pyrrole nitrogens is 1. The van der Waals surface area contributed by atoms with Gasteiger partial charge < -0.3 is 24.2 Å². The number of likely N-dealkylation sites (tertiary alicyclic amines) is 1. The van der Waals surface area contributed by atoms with Crippen molar-refractivity contribution in [1.82, 2.24) is 24.6 Å². The highest BCUT2D eigenvalue weighted by atomic mass is 16.2. The van der Waals surface area contributed by atoms with Gasteiger partial charge in [0.1, 0.15) is 11.6 Å². The van der Waals surface area contributed by atoms with Crippen LogP contribution >= 0.6 is 0 Å². The van der Waals surface area contributed by atoms with Crippen molar-refractivity contribution < 1.29 is 4.79 Å². The molecule has 41 heavy (non-hydrogen) atoms. The number of nitriles is 1. The van der Waals surface area contributed by atoms with Gasteiger partial charge in [0.15, 0.2) is 0 Å². The number of piperazine rings is 1. The first-order chi connectivity index (χ1) is 19.8. The Morgan fingerprint density at radius 1 is 1.24 bits per heavy atom. The zero-order valence-electron chi connectivity index (χ0n) is 24.2. The summed E-state index contributed by atoms with van der Waals surface area (Å²) in [5.74, 6) is -0.0884. The maximum Gasteiger partial charge on any atom is 0.270 e. The highest BCUT2D eigenvalue weighted by Crippen LogP contribution is 2.37. The van der Waals surface area contributed by atoms with E-state index in [1.54, 1.807) is 4.90 Å². The molecule has 0 saturated carbocycles. The molecule has 0 unspecified atom stereocenters. The molecule has 0 aliphatic carbocycles. The van der Waals surface area contributed by atoms with E-state index in [0.29, 0.717) is 39.1 Å². The Balaban J connectivity index is 1.48. The lowest BCUT2D eigenvalue weighted by molar-refractivity contribution is -0.126. The predicted octanol–water partition coefficient (Wildman–Crippen LogP) is 2.78. The van der Waals surface area contributed by atoms with Crippen LogP contribution < -0.4 is 15.4 Å². The Labute approximate surface area is 240 Å². The molecular weight excluding hydrogens is 516 g/mol. The number of carbonyl (C=O) groups is 1. The third kappa shape index (κ3) is 4.58. The summed E-state index contributed by atoms with van der Waals surface area (Å²) in [6.07, 6.45) is 6.09. The summed E-state index contributed by atoms with van der Waals surface area (Å²) in [4.78, 5) is 35.2. The number of hydrogen-bond acceptors (Lipinski definition) is 7. The minimum atomic E-state index is -0.210. The van der Waals surface area contributed by atoms with Gasteiger partial charge in [-0.2, -0.15) is 10.4 Å². The molecule has 0 spiro atoms. The minimum absolute atomic E-state index is 0.0417. The van der Waals surface area contributed by atoms with Crippen molar-refractivity contribution >= 4 is 28.2 Å². The largest absolute Gasteiger partial charge is 0.365 e. The van der Waals surface area contributed by atoms with Gasteiger partial charge in [-0.25, -0.2) is 0 Å². The van der Waals surface area contributed by atoms with E-state index in [0.717, 1.165) is 65.0 Å². The predicted molar refractivity (Wildman–Crippen MR) is 160 cm³/mol. The summed E-state index contributed by atoms with van der Waals surface area (Å²) in [6, 6.07) is 6.70. The van der Waals surface area contributed by atoms with Crippen LogP contribution in [0.2, 0.25) is 0 Å². The molecular formula is C31H38N8O2. The molecule has 5 heterocycles. The zero-order valence-corrected chi connectivity index (χ0v) is 24.2. The van der Waals surface area contributed by atoms with Gasteiger partial charge in [-0.15, -0.1) is 0 Å². The molecule has 10 nitrogen and oxygen atoms in total. The molecule has 6 rings (SSSR count). The molecule has 0 bridgehead atoms. The Hall–Kier alpha value is -4.10. The monoisotopic (exact) mass is 554 g/mol. The van der Waals surface area contributed by atoms with Gasteiger partial charge in [0, 0.05) is 61.5 Å². The SMILES string of the molecule is C=CC(=O)N1CCN(c2c3c(n(C[C@@H]4CCCN4C)c(=O)c2C#N)CN(c2c(C)ccc4[nH]ncc24)CC3)[C@@H](C)C1. The van der Waals surface area contributed by atoms with Gasteiger partial charge in [-0.3, -0.25) is 14.7 Å². The van der Waals surface area contributed by atoms with E-state index in [1.165, 1.54) is 6.08 Å². The normalized spacial score (nSPS) is 21.3. The third-order valence-corrected chi connectivity index (χ3v) is 9.32. The molecule has 2 saturated heterocycles. The Bertz CT molecular complexity index is 1610. The van der Waals surface area contributed by atoms with E-state index in [9.17, 15) is 14.9 Å². The highest BCUT2D eigenvalue weighted by molar-refractivity contribution is 5.93. The molecule has 0 radical (unpaired) electrons. The number of aromatic nitrogens is 3. The van der Waals surface area contributed by atoms with Gasteiger partial charge in [0.2, 0.25) is 5.91 Å². The van der Waals surface area contributed by atoms with E-state index in [1.807, 2.05) is 10.8 Å². The highest BCUT2D eigenvalue weighted by Gasteiger charge is 2.35. The molecule has 3 aromatic rings. The molecule has 3 aliphatic rings. The first-order valence-corrected chi connectivity index (χ1v) is 14.6. The average molecular weight is 555 g/mol. The molecule has 214 valence electrons. The molecule has 10 heteroatoms. The number of rotatable bonds is 5. The lowest BCUT2D eigenvalue weighted by atomic mass is 9.95. The van der Waals surface area contributed by atoms with Gasteiger partial charge in [0.25, 0.3) is 5.56 Å². The van der Waals surface area contributed by atoms with E-state index in [2.05, 4.69) is 70.6 Å². The topological polar surface area (TPSA) is 105 Å². The average Bonchev–Trinajstić information content (AvgIpc) is 3.62. The van der Waals surface area contributed by atoms with Gasteiger partial charge in [-0.1, -0.05) is 12.6 Å². The Morgan fingerprint density at radius 2 is 2.07 bits per heavy atom. The number of amides is 1. The number of nitrogens with zero attached hydrogens (tertiary/aromatic N) is 7. The van der Waals surface area contributed by atoms with Crippen LogP contribution in [-0.4, -0.2) is 82.3 Å². The summed E-state index contributed by atoms with van der Waals surface area (Å²) in [5, 5.41) is 18.9. The maximum atomic E-state index is 14.2. The van der Waals surface area contributed by atoms with E-state index < -0.39 is 0 Å². The van der Waals surface area contributed by atoms with E-state index >= 15 is 0 Å². The Kier molecular flexibility index (Phi) is 7.08. The van der Waals surface area contributed by atoms with Crippen LogP contribution in [-0.2, 0) is 24.3 Å². The molecule has 2 fully saturated rings. The van der Waals surface area contributed by atoms with Crippen LogP contribution in [0.3, 0.4) is 0 Å². The summed E-state index contributed by atoms with van der Waals surface area (Å²) in [5.41, 5.74) is 6.15. The Morgan fingerprint density at radius 3 is 2.78 bits per heavy atom. The molecule has 1 N–H and O–H groups in total. The van der Waals surface area contributed by atoms with Crippen LogP contribution in [0.15, 0.2) is 35.8 Å². The van der Waals surface area contributed by atoms with Crippen molar-refractivity contribution in [2.75, 3.05) is 49.6 Å². The quantitative estimate of drug-likeness (QED) is 0.484. The van der Waals surface area contributed by atoms with Gasteiger partial charge >= 0.3 is 0 Å². The number of pyridine rings is 1. The number of aryl methyl sites for hydroxylation is 1. The maximum absolute atomic E-state index is 14.2. The van der Waals surface area contributed by atoms with Crippen molar-refractivity contribution in [2.45, 2.75) is 58.3 Å². The lowest BCUT2D eigenvalue weighted by Crippen LogP contribution is -2.54. The van der Waals surface area contributed by atoms with Crippen LogP contribution in [0, 0.1) is 18.3 Å². The second-order valence-corrected chi connectivity index (χ2v) is 11.7. The summed E-state index contributed by atoms with van der Waals surface area (Å²) in [6.45, 7) is 12.4. The van der Waals surface area contributed by atoms with Crippen molar-refractivity contribution in [1.29, 1.82) is 5.26 Å².